The van der Waals surface area contributed by atoms with Gasteiger partial charge in [0, 0.05) is 25.7 Å². The Labute approximate surface area is 88.4 Å². The summed E-state index contributed by atoms with van der Waals surface area (Å²) in [6.45, 7) is 10.2. The van der Waals surface area contributed by atoms with Gasteiger partial charge in [-0.25, -0.2) is 0 Å². The van der Waals surface area contributed by atoms with Gasteiger partial charge in [-0.2, -0.15) is 0 Å². The Morgan fingerprint density at radius 3 is 2.57 bits per heavy atom. The summed E-state index contributed by atoms with van der Waals surface area (Å²) >= 11 is 0. The van der Waals surface area contributed by atoms with Crippen LogP contribution in [0.15, 0.2) is 11.1 Å². The average molecular weight is 196 g/mol. The van der Waals surface area contributed by atoms with E-state index < -0.39 is 0 Å². The Hall–Kier alpha value is -0.340. The smallest absolute Gasteiger partial charge is 0.0193 e. The highest BCUT2D eigenvalue weighted by atomic mass is 15.1. The van der Waals surface area contributed by atoms with E-state index in [9.17, 15) is 0 Å². The zero-order valence-corrected chi connectivity index (χ0v) is 10.1. The molecule has 1 unspecified atom stereocenters. The highest BCUT2D eigenvalue weighted by Gasteiger charge is 2.14. The van der Waals surface area contributed by atoms with E-state index in [-0.39, 0.29) is 0 Å². The Bertz CT molecular complexity index is 202. The fourth-order valence-electron chi connectivity index (χ4n) is 1.83. The number of hydrogen-bond donors (Lipinski definition) is 1. The molecule has 1 rings (SSSR count). The van der Waals surface area contributed by atoms with Crippen molar-refractivity contribution >= 4 is 0 Å². The third-order valence-electron chi connectivity index (χ3n) is 3.23. The van der Waals surface area contributed by atoms with Gasteiger partial charge in [-0.1, -0.05) is 18.9 Å². The fourth-order valence-corrected chi connectivity index (χ4v) is 1.83. The number of likely N-dealkylation sites (N-methyl/N-ethyl adjacent to an activating group) is 1. The molecule has 1 saturated heterocycles. The van der Waals surface area contributed by atoms with Crippen LogP contribution in [0.1, 0.15) is 33.6 Å². The molecule has 0 spiro atoms. The van der Waals surface area contributed by atoms with Crippen LogP contribution in [0.3, 0.4) is 0 Å². The second kappa shape index (κ2) is 5.52. The van der Waals surface area contributed by atoms with Gasteiger partial charge in [0.05, 0.1) is 0 Å². The van der Waals surface area contributed by atoms with Crippen molar-refractivity contribution in [3.05, 3.63) is 11.1 Å². The monoisotopic (exact) mass is 196 g/mol. The van der Waals surface area contributed by atoms with Crippen molar-refractivity contribution in [2.45, 2.75) is 39.7 Å². The van der Waals surface area contributed by atoms with Gasteiger partial charge in [-0.05, 0) is 32.9 Å². The first-order chi connectivity index (χ1) is 6.65. The number of nitrogens with one attached hydrogen (secondary N) is 1. The lowest BCUT2D eigenvalue weighted by Crippen LogP contribution is -2.37. The lowest BCUT2D eigenvalue weighted by Gasteiger charge is -2.28. The maximum Gasteiger partial charge on any atom is 0.0193 e. The number of hydrogen-bond acceptors (Lipinski definition) is 2. The van der Waals surface area contributed by atoms with Crippen LogP contribution >= 0.6 is 0 Å². The van der Waals surface area contributed by atoms with E-state index in [0.717, 1.165) is 19.6 Å². The zero-order valence-electron chi connectivity index (χ0n) is 10.1. The van der Waals surface area contributed by atoms with Gasteiger partial charge in [0.2, 0.25) is 0 Å². The first-order valence-electron chi connectivity index (χ1n) is 5.73. The van der Waals surface area contributed by atoms with Crippen LogP contribution in [0, 0.1) is 0 Å². The molecule has 1 aliphatic rings. The fraction of sp³-hybridized carbons (Fsp3) is 0.833. The molecular formula is C12H24N2. The molecule has 0 bridgehead atoms. The maximum absolute atomic E-state index is 3.29. The van der Waals surface area contributed by atoms with Gasteiger partial charge in [0.15, 0.2) is 0 Å². The van der Waals surface area contributed by atoms with Gasteiger partial charge < -0.3 is 5.32 Å². The molecule has 0 amide bonds. The molecule has 0 aromatic rings. The largest absolute Gasteiger partial charge is 0.309 e. The molecule has 2 heteroatoms. The first kappa shape index (κ1) is 11.7. The summed E-state index contributed by atoms with van der Waals surface area (Å²) in [6.07, 6.45) is 2.58. The second-order valence-corrected chi connectivity index (χ2v) is 4.54. The van der Waals surface area contributed by atoms with Crippen molar-refractivity contribution < 1.29 is 0 Å². The quantitative estimate of drug-likeness (QED) is 0.677. The Balaban J connectivity index is 2.35. The summed E-state index contributed by atoms with van der Waals surface area (Å²) in [5, 5.41) is 3.29. The van der Waals surface area contributed by atoms with Gasteiger partial charge in [0.25, 0.3) is 0 Å². The Morgan fingerprint density at radius 2 is 2.14 bits per heavy atom. The molecule has 0 aromatic heterocycles. The normalized spacial score (nSPS) is 18.2. The number of rotatable bonds is 5. The summed E-state index contributed by atoms with van der Waals surface area (Å²) in [7, 11) is 2.23. The molecule has 1 fully saturated rings. The molecule has 0 radical (unpaired) electrons. The minimum atomic E-state index is 0.712. The summed E-state index contributed by atoms with van der Waals surface area (Å²) < 4.78 is 0. The summed E-state index contributed by atoms with van der Waals surface area (Å²) in [6, 6.07) is 0.712. The standard InChI is InChI=1S/C12H24N2/c1-5-6-11(3)14(4)9-10(2)12-7-13-8-12/h11,13H,5-9H2,1-4H3. The minimum Gasteiger partial charge on any atom is -0.309 e. The van der Waals surface area contributed by atoms with Crippen molar-refractivity contribution in [2.24, 2.45) is 0 Å². The molecule has 1 heterocycles. The molecule has 14 heavy (non-hydrogen) atoms. The van der Waals surface area contributed by atoms with Gasteiger partial charge in [0.1, 0.15) is 0 Å². The van der Waals surface area contributed by atoms with Crippen molar-refractivity contribution in [2.75, 3.05) is 26.7 Å². The highest BCUT2D eigenvalue weighted by molar-refractivity contribution is 5.22. The van der Waals surface area contributed by atoms with Crippen LogP contribution in [-0.4, -0.2) is 37.6 Å². The lowest BCUT2D eigenvalue weighted by atomic mass is 10.0. The van der Waals surface area contributed by atoms with E-state index >= 15 is 0 Å². The molecule has 0 aromatic carbocycles. The van der Waals surface area contributed by atoms with E-state index in [0.29, 0.717) is 6.04 Å². The third-order valence-corrected chi connectivity index (χ3v) is 3.23. The molecule has 0 saturated carbocycles. The lowest BCUT2D eigenvalue weighted by molar-refractivity contribution is 0.263. The van der Waals surface area contributed by atoms with Gasteiger partial charge >= 0.3 is 0 Å². The van der Waals surface area contributed by atoms with E-state index in [2.05, 4.69) is 38.0 Å². The maximum atomic E-state index is 3.29. The van der Waals surface area contributed by atoms with Crippen LogP contribution in [0.25, 0.3) is 0 Å². The second-order valence-electron chi connectivity index (χ2n) is 4.54. The molecule has 0 aliphatic carbocycles. The van der Waals surface area contributed by atoms with E-state index in [1.165, 1.54) is 12.8 Å². The average Bonchev–Trinajstić information content (AvgIpc) is 2.00. The topological polar surface area (TPSA) is 15.3 Å². The van der Waals surface area contributed by atoms with E-state index in [1.807, 2.05) is 0 Å². The van der Waals surface area contributed by atoms with Crippen molar-refractivity contribution in [1.82, 2.24) is 10.2 Å². The third kappa shape index (κ3) is 3.10. The van der Waals surface area contributed by atoms with Crippen molar-refractivity contribution in [3.8, 4) is 0 Å². The molecular weight excluding hydrogens is 172 g/mol. The predicted octanol–water partition coefficient (Wildman–Crippen LogP) is 2.03. The Kier molecular flexibility index (Phi) is 4.63. The van der Waals surface area contributed by atoms with Crippen molar-refractivity contribution in [3.63, 3.8) is 0 Å². The molecule has 1 atom stereocenters. The minimum absolute atomic E-state index is 0.712. The first-order valence-corrected chi connectivity index (χ1v) is 5.73. The molecule has 2 nitrogen and oxygen atoms in total. The zero-order chi connectivity index (χ0) is 10.6. The van der Waals surface area contributed by atoms with E-state index in [1.54, 1.807) is 11.1 Å². The Morgan fingerprint density at radius 1 is 1.50 bits per heavy atom. The molecule has 82 valence electrons. The molecule has 1 aliphatic heterocycles. The van der Waals surface area contributed by atoms with Crippen molar-refractivity contribution in [1.29, 1.82) is 0 Å². The predicted molar refractivity (Wildman–Crippen MR) is 62.6 cm³/mol. The van der Waals surface area contributed by atoms with Crippen LogP contribution in [0.2, 0.25) is 0 Å². The van der Waals surface area contributed by atoms with Crippen LogP contribution in [0.5, 0.6) is 0 Å². The van der Waals surface area contributed by atoms with E-state index in [4.69, 9.17) is 0 Å². The van der Waals surface area contributed by atoms with Crippen LogP contribution in [-0.2, 0) is 0 Å². The number of nitrogens with zero attached hydrogens (tertiary/aromatic N) is 1. The van der Waals surface area contributed by atoms with Gasteiger partial charge in [-0.3, -0.25) is 4.90 Å². The SMILES string of the molecule is CCCC(C)N(C)CC(C)=C1CNC1. The van der Waals surface area contributed by atoms with Crippen LogP contribution < -0.4 is 5.32 Å². The summed E-state index contributed by atoms with van der Waals surface area (Å²) in [4.78, 5) is 2.46. The van der Waals surface area contributed by atoms with Gasteiger partial charge in [-0.15, -0.1) is 0 Å². The molecule has 1 N–H and O–H groups in total. The summed E-state index contributed by atoms with van der Waals surface area (Å²) in [5.41, 5.74) is 3.18. The summed E-state index contributed by atoms with van der Waals surface area (Å²) in [5.74, 6) is 0. The highest BCUT2D eigenvalue weighted by Crippen LogP contribution is 2.12. The van der Waals surface area contributed by atoms with Crippen LogP contribution in [0.4, 0.5) is 0 Å².